The van der Waals surface area contributed by atoms with E-state index in [0.29, 0.717) is 47.1 Å². The highest BCUT2D eigenvalue weighted by Gasteiger charge is 2.15. The van der Waals surface area contributed by atoms with Crippen LogP contribution in [0, 0.1) is 0 Å². The summed E-state index contributed by atoms with van der Waals surface area (Å²) in [4.78, 5) is 35.1. The van der Waals surface area contributed by atoms with Gasteiger partial charge in [0.2, 0.25) is 5.69 Å². The van der Waals surface area contributed by atoms with Crippen LogP contribution in [0.4, 0.5) is 5.69 Å². The van der Waals surface area contributed by atoms with Crippen LogP contribution in [0.2, 0.25) is 0 Å². The smallest absolute Gasteiger partial charge is 0.359 e. The molecule has 0 radical (unpaired) electrons. The zero-order chi connectivity index (χ0) is 33.1. The highest BCUT2D eigenvalue weighted by atomic mass is 32.2. The molecule has 0 aliphatic heterocycles. The first-order valence-electron chi connectivity index (χ1n) is 14.3. The van der Waals surface area contributed by atoms with Crippen molar-refractivity contribution < 1.29 is 46.2 Å². The summed E-state index contributed by atoms with van der Waals surface area (Å²) < 4.78 is 42.1. The van der Waals surface area contributed by atoms with Crippen molar-refractivity contribution in [1.82, 2.24) is 0 Å². The van der Waals surface area contributed by atoms with E-state index in [2.05, 4.69) is 18.7 Å². The number of rotatable bonds is 14. The number of aryl methyl sites for hydroxylation is 1. The third-order valence-corrected chi connectivity index (χ3v) is 7.35. The second kappa shape index (κ2) is 16.1. The summed E-state index contributed by atoms with van der Waals surface area (Å²) in [6.45, 7) is 6.33. The van der Waals surface area contributed by atoms with Crippen LogP contribution in [0.3, 0.4) is 0 Å². The van der Waals surface area contributed by atoms with E-state index in [4.69, 9.17) is 14.6 Å². The molecule has 0 fully saturated rings. The van der Waals surface area contributed by atoms with Gasteiger partial charge in [-0.05, 0) is 57.0 Å². The average molecular weight is 633 g/mol. The number of pyridine rings is 1. The Morgan fingerprint density at radius 2 is 1.66 bits per heavy atom. The fraction of sp³-hybridized carbons (Fsp3) is 0.419. The number of aromatic nitrogens is 1. The minimum Gasteiger partial charge on any atom is -0.744 e. The molecule has 0 aliphatic rings. The summed E-state index contributed by atoms with van der Waals surface area (Å²) >= 11 is 0. The van der Waals surface area contributed by atoms with Gasteiger partial charge in [0.1, 0.15) is 27.1 Å². The number of carbonyl (C=O) groups is 2. The molecular weight excluding hydrogens is 590 g/mol. The van der Waals surface area contributed by atoms with E-state index in [1.54, 1.807) is 22.8 Å². The standard InChI is InChI=1S/C26H30N2O7S.C5H11NO2/c1-3-27(4-2)22-12-9-19-16-20(26(31)35-24(19)17-22)10-11-21-13-14-23(36(32,33)34)18-28(21)15-7-5-6-8-25(29)30;1-6(2,3)4-5(7)8/h9-14,16-18H,3-8,15H2,1-2H3,(H-,29,30,32,33,34);4H2,1-3H3/p+1. The van der Waals surface area contributed by atoms with Gasteiger partial charge in [-0.15, -0.1) is 0 Å². The molecule has 2 heterocycles. The van der Waals surface area contributed by atoms with Crippen molar-refractivity contribution in [3.8, 4) is 0 Å². The number of benzene rings is 1. The second-order valence-electron chi connectivity index (χ2n) is 11.2. The number of nitrogens with zero attached hydrogens (tertiary/aromatic N) is 3. The van der Waals surface area contributed by atoms with Crippen molar-refractivity contribution in [2.75, 3.05) is 45.7 Å². The normalized spacial score (nSPS) is 11.8. The maximum Gasteiger partial charge on any atom is 0.359 e. The van der Waals surface area contributed by atoms with E-state index < -0.39 is 27.7 Å². The minimum absolute atomic E-state index is 0.0561. The first-order valence-corrected chi connectivity index (χ1v) is 15.7. The maximum absolute atomic E-state index is 12.6. The molecule has 44 heavy (non-hydrogen) atoms. The van der Waals surface area contributed by atoms with Crippen LogP contribution in [0.5, 0.6) is 0 Å². The van der Waals surface area contributed by atoms with E-state index in [9.17, 15) is 27.4 Å². The van der Waals surface area contributed by atoms with Crippen molar-refractivity contribution in [1.29, 1.82) is 0 Å². The van der Waals surface area contributed by atoms with Crippen LogP contribution in [0.15, 0.2) is 56.7 Å². The van der Waals surface area contributed by atoms with Crippen LogP contribution < -0.4 is 15.1 Å². The third-order valence-electron chi connectivity index (χ3n) is 6.53. The Kier molecular flexibility index (Phi) is 13.2. The molecule has 3 rings (SSSR count). The predicted octanol–water partition coefficient (Wildman–Crippen LogP) is 3.42. The molecule has 0 bridgehead atoms. The van der Waals surface area contributed by atoms with Gasteiger partial charge in [0.15, 0.2) is 12.7 Å². The Balaban J connectivity index is 0.000000742. The second-order valence-corrected chi connectivity index (χ2v) is 12.6. The Bertz CT molecular complexity index is 1640. The van der Waals surface area contributed by atoms with Crippen LogP contribution in [0.25, 0.3) is 23.1 Å². The van der Waals surface area contributed by atoms with Crippen LogP contribution in [0.1, 0.15) is 50.8 Å². The van der Waals surface area contributed by atoms with Gasteiger partial charge in [-0.2, -0.15) is 4.57 Å². The molecule has 0 saturated heterocycles. The van der Waals surface area contributed by atoms with Gasteiger partial charge in [0.05, 0.1) is 26.7 Å². The minimum atomic E-state index is -4.64. The Morgan fingerprint density at radius 1 is 0.977 bits per heavy atom. The monoisotopic (exact) mass is 632 g/mol. The van der Waals surface area contributed by atoms with Crippen LogP contribution in [-0.4, -0.2) is 80.4 Å². The number of unbranched alkanes of at least 4 members (excludes halogenated alkanes) is 2. The van der Waals surface area contributed by atoms with Gasteiger partial charge >= 0.3 is 17.6 Å². The van der Waals surface area contributed by atoms with E-state index in [1.807, 2.05) is 39.3 Å². The van der Waals surface area contributed by atoms with Crippen molar-refractivity contribution in [2.24, 2.45) is 0 Å². The van der Waals surface area contributed by atoms with Gasteiger partial charge in [-0.25, -0.2) is 18.0 Å². The number of anilines is 1. The molecule has 0 aliphatic carbocycles. The lowest BCUT2D eigenvalue weighted by molar-refractivity contribution is -0.862. The van der Waals surface area contributed by atoms with Gasteiger partial charge < -0.3 is 28.6 Å². The summed E-state index contributed by atoms with van der Waals surface area (Å²) in [7, 11) is 0.883. The molecular formula is C31H42N3O9S+. The molecule has 2 aromatic heterocycles. The number of aliphatic carboxylic acids is 2. The number of carboxylic acid groups (broad SMARTS) is 2. The zero-order valence-electron chi connectivity index (χ0n) is 25.9. The highest BCUT2D eigenvalue weighted by Crippen LogP contribution is 2.22. The largest absolute Gasteiger partial charge is 0.744 e. The number of hydrogen-bond donors (Lipinski definition) is 2. The quantitative estimate of drug-likeness (QED) is 0.0883. The molecule has 0 unspecified atom stereocenters. The van der Waals surface area contributed by atoms with E-state index in [0.717, 1.165) is 24.2 Å². The number of quaternary nitrogens is 1. The fourth-order valence-corrected chi connectivity index (χ4v) is 4.85. The van der Waals surface area contributed by atoms with E-state index in [-0.39, 0.29) is 17.9 Å². The molecule has 12 nitrogen and oxygen atoms in total. The van der Waals surface area contributed by atoms with Gasteiger partial charge in [0, 0.05) is 55.2 Å². The molecule has 0 spiro atoms. The highest BCUT2D eigenvalue weighted by molar-refractivity contribution is 7.85. The van der Waals surface area contributed by atoms with E-state index >= 15 is 0 Å². The van der Waals surface area contributed by atoms with Gasteiger partial charge in [0.25, 0.3) is 0 Å². The van der Waals surface area contributed by atoms with Crippen molar-refractivity contribution in [3.63, 3.8) is 0 Å². The number of carboxylic acids is 2. The van der Waals surface area contributed by atoms with Crippen molar-refractivity contribution in [3.05, 3.63) is 64.3 Å². The number of hydrogen-bond acceptors (Lipinski definition) is 8. The lowest BCUT2D eigenvalue weighted by Crippen LogP contribution is -2.39. The lowest BCUT2D eigenvalue weighted by Gasteiger charge is -2.20. The zero-order valence-corrected chi connectivity index (χ0v) is 26.7. The average Bonchev–Trinajstić information content (AvgIpc) is 2.91. The summed E-state index contributed by atoms with van der Waals surface area (Å²) in [5.74, 6) is -1.62. The molecule has 0 saturated carbocycles. The van der Waals surface area contributed by atoms with Crippen molar-refractivity contribution in [2.45, 2.75) is 51.0 Å². The third kappa shape index (κ3) is 11.9. The molecule has 3 aromatic rings. The van der Waals surface area contributed by atoms with E-state index in [1.165, 1.54) is 18.3 Å². The summed E-state index contributed by atoms with van der Waals surface area (Å²) in [5.41, 5.74) is 1.86. The SMILES string of the molecule is CCN(CC)c1ccc2cc(/C=C/c3ccc(S(=O)(=O)[O-])c[n+]3CCCCCC(=O)O)c(=O)oc2c1.C[N+](C)(C)CC(=O)O. The van der Waals surface area contributed by atoms with Crippen LogP contribution in [-0.2, 0) is 26.3 Å². The Morgan fingerprint density at radius 3 is 2.20 bits per heavy atom. The molecule has 2 N–H and O–H groups in total. The van der Waals surface area contributed by atoms with Crippen molar-refractivity contribution >= 4 is 50.9 Å². The first kappa shape index (κ1) is 36.1. The van der Waals surface area contributed by atoms with Gasteiger partial charge in [-0.3, -0.25) is 4.79 Å². The Labute approximate surface area is 257 Å². The Hall–Kier alpha value is -4.07. The molecule has 1 aromatic carbocycles. The number of fused-ring (bicyclic) bond motifs is 1. The first-order chi connectivity index (χ1) is 20.5. The molecule has 240 valence electrons. The molecule has 0 atom stereocenters. The fourth-order valence-electron chi connectivity index (χ4n) is 4.36. The van der Waals surface area contributed by atoms with Crippen LogP contribution >= 0.6 is 0 Å². The van der Waals surface area contributed by atoms with Gasteiger partial charge in [-0.1, -0.05) is 0 Å². The summed E-state index contributed by atoms with van der Waals surface area (Å²) in [6.07, 6.45) is 6.27. The predicted molar refractivity (Wildman–Crippen MR) is 166 cm³/mol. The number of likely N-dealkylation sites (N-methyl/N-ethyl adjacent to an activating group) is 1. The maximum atomic E-state index is 12.6. The lowest BCUT2D eigenvalue weighted by atomic mass is 10.1. The molecule has 0 amide bonds. The molecule has 13 heteroatoms. The summed E-state index contributed by atoms with van der Waals surface area (Å²) in [5, 5.41) is 17.8. The topological polar surface area (TPSA) is 169 Å². The summed E-state index contributed by atoms with van der Waals surface area (Å²) in [6, 6.07) is 10.2.